The number of aromatic nitrogens is 5. The molecule has 2 aromatic carbocycles. The molecule has 0 saturated heterocycles. The number of rotatable bonds is 2. The van der Waals surface area contributed by atoms with Crippen molar-refractivity contribution in [3.8, 4) is 5.13 Å². The number of anilines is 1. The van der Waals surface area contributed by atoms with Crippen LogP contribution in [0.1, 0.15) is 0 Å². The normalized spacial score (nSPS) is 11.9. The molecule has 0 radical (unpaired) electrons. The first-order chi connectivity index (χ1) is 14.5. The number of fused-ring (bicyclic) bond motifs is 5. The summed E-state index contributed by atoms with van der Waals surface area (Å²) in [5.41, 5.74) is 7.53. The van der Waals surface area contributed by atoms with E-state index in [9.17, 15) is 14.9 Å². The van der Waals surface area contributed by atoms with E-state index < -0.39 is 4.92 Å². The molecule has 2 N–H and O–H groups in total. The quantitative estimate of drug-likeness (QED) is 0.325. The number of benzene rings is 2. The predicted octanol–water partition coefficient (Wildman–Crippen LogP) is 3.35. The minimum Gasteiger partial charge on any atom is -0.383 e. The number of nitrogen functional groups attached to an aromatic ring is 1. The minimum absolute atomic E-state index is 0.0247. The van der Waals surface area contributed by atoms with Gasteiger partial charge in [0, 0.05) is 12.1 Å². The van der Waals surface area contributed by atoms with Crippen molar-refractivity contribution in [2.45, 2.75) is 0 Å². The highest BCUT2D eigenvalue weighted by molar-refractivity contribution is 7.23. The van der Waals surface area contributed by atoms with E-state index in [0.717, 1.165) is 10.2 Å². The van der Waals surface area contributed by atoms with Crippen LogP contribution in [0.2, 0.25) is 0 Å². The van der Waals surface area contributed by atoms with Crippen molar-refractivity contribution >= 4 is 70.6 Å². The summed E-state index contributed by atoms with van der Waals surface area (Å²) in [7, 11) is 0. The van der Waals surface area contributed by atoms with Crippen LogP contribution in [0.15, 0.2) is 47.3 Å². The number of non-ortho nitro benzene ring substituents is 1. The number of para-hydroxylation sites is 1. The molecule has 0 atom stereocenters. The van der Waals surface area contributed by atoms with Gasteiger partial charge in [-0.15, -0.1) is 5.10 Å². The van der Waals surface area contributed by atoms with Gasteiger partial charge in [0.2, 0.25) is 5.13 Å². The Balaban J connectivity index is 1.62. The van der Waals surface area contributed by atoms with Gasteiger partial charge in [0.25, 0.3) is 11.2 Å². The van der Waals surface area contributed by atoms with Crippen LogP contribution in [0.5, 0.6) is 0 Å². The number of nitro benzene ring substituents is 1. The standard InChI is InChI=1S/C18H9N7O3S2/c19-14-13-15(21-17-23(16(13)26)10-3-1-2-4-11(10)29-17)22-24(14)18-20-9-6-5-8(25(27)28)7-12(9)30-18/h1-7H,19H2. The maximum absolute atomic E-state index is 13.2. The summed E-state index contributed by atoms with van der Waals surface area (Å²) in [5.74, 6) is 0.126. The van der Waals surface area contributed by atoms with Gasteiger partial charge in [-0.2, -0.15) is 9.67 Å². The van der Waals surface area contributed by atoms with Crippen molar-refractivity contribution in [3.05, 3.63) is 62.9 Å². The van der Waals surface area contributed by atoms with Crippen molar-refractivity contribution in [1.82, 2.24) is 24.1 Å². The molecule has 6 aromatic rings. The molecule has 0 aliphatic carbocycles. The van der Waals surface area contributed by atoms with E-state index in [1.54, 1.807) is 6.07 Å². The predicted molar refractivity (Wildman–Crippen MR) is 116 cm³/mol. The van der Waals surface area contributed by atoms with Crippen LogP contribution >= 0.6 is 22.7 Å². The molecule has 146 valence electrons. The highest BCUT2D eigenvalue weighted by Crippen LogP contribution is 2.31. The third-order valence-corrected chi connectivity index (χ3v) is 6.79. The molecule has 0 bridgehead atoms. The summed E-state index contributed by atoms with van der Waals surface area (Å²) in [4.78, 5) is 33.3. The summed E-state index contributed by atoms with van der Waals surface area (Å²) >= 11 is 2.59. The minimum atomic E-state index is -0.461. The highest BCUT2D eigenvalue weighted by atomic mass is 32.1. The van der Waals surface area contributed by atoms with Crippen molar-refractivity contribution in [1.29, 1.82) is 0 Å². The van der Waals surface area contributed by atoms with Crippen molar-refractivity contribution in [2.75, 3.05) is 5.73 Å². The first-order valence-corrected chi connectivity index (χ1v) is 10.3. The second-order valence-electron chi connectivity index (χ2n) is 6.51. The first kappa shape index (κ1) is 17.0. The van der Waals surface area contributed by atoms with E-state index in [4.69, 9.17) is 5.73 Å². The van der Waals surface area contributed by atoms with Crippen LogP contribution < -0.4 is 11.3 Å². The first-order valence-electron chi connectivity index (χ1n) is 8.65. The van der Waals surface area contributed by atoms with Crippen molar-refractivity contribution in [2.24, 2.45) is 0 Å². The number of hydrogen-bond acceptors (Lipinski definition) is 9. The zero-order valence-electron chi connectivity index (χ0n) is 14.8. The SMILES string of the molecule is Nc1c2c(=O)n3c(nc2nn1-c1nc2ccc([N+](=O)[O-])cc2s1)sc1ccccc13. The molecule has 0 saturated carbocycles. The van der Waals surface area contributed by atoms with Crippen molar-refractivity contribution < 1.29 is 4.92 Å². The molecular formula is C18H9N7O3S2. The number of hydrogen-bond donors (Lipinski definition) is 1. The highest BCUT2D eigenvalue weighted by Gasteiger charge is 2.21. The molecule has 6 rings (SSSR count). The van der Waals surface area contributed by atoms with Gasteiger partial charge in [-0.3, -0.25) is 19.3 Å². The Kier molecular flexibility index (Phi) is 3.29. The lowest BCUT2D eigenvalue weighted by Gasteiger charge is -1.97. The zero-order chi connectivity index (χ0) is 20.6. The van der Waals surface area contributed by atoms with Crippen LogP contribution in [0.3, 0.4) is 0 Å². The average molecular weight is 435 g/mol. The van der Waals surface area contributed by atoms with Crippen LogP contribution in [-0.4, -0.2) is 29.1 Å². The fraction of sp³-hybridized carbons (Fsp3) is 0. The van der Waals surface area contributed by atoms with E-state index in [1.807, 2.05) is 24.3 Å². The molecular weight excluding hydrogens is 426 g/mol. The molecule has 0 aliphatic heterocycles. The fourth-order valence-corrected chi connectivity index (χ4v) is 5.38. The van der Waals surface area contributed by atoms with Crippen LogP contribution in [0, 0.1) is 10.1 Å². The molecule has 0 aliphatic rings. The Morgan fingerprint density at radius 3 is 2.73 bits per heavy atom. The van der Waals surface area contributed by atoms with Crippen molar-refractivity contribution in [3.63, 3.8) is 0 Å². The largest absolute Gasteiger partial charge is 0.383 e. The lowest BCUT2D eigenvalue weighted by Crippen LogP contribution is -2.14. The van der Waals surface area contributed by atoms with Crippen LogP contribution in [0.25, 0.3) is 41.6 Å². The maximum Gasteiger partial charge on any atom is 0.272 e. The molecule has 0 spiro atoms. The summed E-state index contributed by atoms with van der Waals surface area (Å²) < 4.78 is 4.46. The average Bonchev–Trinajstić information content (AvgIpc) is 3.40. The molecule has 30 heavy (non-hydrogen) atoms. The number of nitro groups is 1. The van der Waals surface area contributed by atoms with E-state index in [1.165, 1.54) is 43.9 Å². The molecule has 4 heterocycles. The Labute approximate surface area is 173 Å². The summed E-state index contributed by atoms with van der Waals surface area (Å²) in [6.07, 6.45) is 0. The van der Waals surface area contributed by atoms with E-state index in [-0.39, 0.29) is 28.1 Å². The zero-order valence-corrected chi connectivity index (χ0v) is 16.5. The lowest BCUT2D eigenvalue weighted by molar-refractivity contribution is -0.384. The molecule has 0 fully saturated rings. The third kappa shape index (κ3) is 2.22. The Morgan fingerprint density at radius 2 is 1.90 bits per heavy atom. The van der Waals surface area contributed by atoms with Gasteiger partial charge in [-0.1, -0.05) is 34.8 Å². The maximum atomic E-state index is 13.2. The number of nitrogens with zero attached hydrogens (tertiary/aromatic N) is 6. The van der Waals surface area contributed by atoms with Gasteiger partial charge < -0.3 is 5.73 Å². The van der Waals surface area contributed by atoms with Gasteiger partial charge in [0.1, 0.15) is 11.2 Å². The summed E-state index contributed by atoms with van der Waals surface area (Å²) in [6.45, 7) is 0. The van der Waals surface area contributed by atoms with E-state index in [0.29, 0.717) is 20.3 Å². The fourth-order valence-electron chi connectivity index (χ4n) is 3.40. The van der Waals surface area contributed by atoms with Crippen LogP contribution in [0.4, 0.5) is 11.5 Å². The lowest BCUT2D eigenvalue weighted by atomic mass is 10.3. The number of nitrogens with two attached hydrogens (primary N) is 1. The molecule has 10 nitrogen and oxygen atoms in total. The molecule has 0 unspecified atom stereocenters. The van der Waals surface area contributed by atoms with Gasteiger partial charge >= 0.3 is 0 Å². The topological polar surface area (TPSA) is 134 Å². The summed E-state index contributed by atoms with van der Waals surface area (Å²) in [6, 6.07) is 12.0. The monoisotopic (exact) mass is 435 g/mol. The second-order valence-corrected chi connectivity index (χ2v) is 8.52. The second kappa shape index (κ2) is 5.81. The molecule has 4 aromatic heterocycles. The van der Waals surface area contributed by atoms with Crippen LogP contribution in [-0.2, 0) is 0 Å². The Hall–Kier alpha value is -3.90. The summed E-state index contributed by atoms with van der Waals surface area (Å²) in [5, 5.41) is 16.0. The Morgan fingerprint density at radius 1 is 1.07 bits per heavy atom. The van der Waals surface area contributed by atoms with Gasteiger partial charge in [0.05, 0.1) is 25.4 Å². The van der Waals surface area contributed by atoms with Gasteiger partial charge in [-0.05, 0) is 18.2 Å². The number of thiazole rings is 2. The molecule has 12 heteroatoms. The Bertz CT molecular complexity index is 1730. The van der Waals surface area contributed by atoms with Gasteiger partial charge in [-0.25, -0.2) is 4.98 Å². The van der Waals surface area contributed by atoms with E-state index in [2.05, 4.69) is 15.1 Å². The van der Waals surface area contributed by atoms with E-state index >= 15 is 0 Å². The smallest absolute Gasteiger partial charge is 0.272 e. The van der Waals surface area contributed by atoms with Gasteiger partial charge in [0.15, 0.2) is 10.6 Å². The molecule has 0 amide bonds. The third-order valence-electron chi connectivity index (χ3n) is 4.77.